The number of rotatable bonds is 9. The summed E-state index contributed by atoms with van der Waals surface area (Å²) in [5.41, 5.74) is 7.49. The zero-order valence-electron chi connectivity index (χ0n) is 12.4. The van der Waals surface area contributed by atoms with E-state index in [1.54, 1.807) is 14.2 Å². The van der Waals surface area contributed by atoms with E-state index in [4.69, 9.17) is 27.4 Å². The summed E-state index contributed by atoms with van der Waals surface area (Å²) in [6, 6.07) is 3.87. The first-order valence-corrected chi connectivity index (χ1v) is 6.97. The number of methoxy groups -OCH3 is 2. The summed E-state index contributed by atoms with van der Waals surface area (Å²) in [5.74, 6) is 0.827. The van der Waals surface area contributed by atoms with Crippen LogP contribution in [0.3, 0.4) is 0 Å². The molecule has 0 aliphatic rings. The summed E-state index contributed by atoms with van der Waals surface area (Å²) in [4.78, 5) is 7.29. The van der Waals surface area contributed by atoms with E-state index < -0.39 is 0 Å². The first-order chi connectivity index (χ1) is 9.55. The van der Waals surface area contributed by atoms with Gasteiger partial charge in [-0.05, 0) is 6.92 Å². The third-order valence-electron chi connectivity index (χ3n) is 2.89. The Hall–Kier alpha value is -1.24. The Morgan fingerprint density at radius 3 is 2.70 bits per heavy atom. The molecular weight excluding hydrogens is 274 g/mol. The zero-order valence-corrected chi connectivity index (χ0v) is 13.2. The lowest BCUT2D eigenvalue weighted by Gasteiger charge is -2.21. The summed E-state index contributed by atoms with van der Waals surface area (Å²) >= 11 is 4.94. The molecule has 0 aliphatic heterocycles. The van der Waals surface area contributed by atoms with Gasteiger partial charge in [0, 0.05) is 51.0 Å². The third kappa shape index (κ3) is 6.27. The summed E-state index contributed by atoms with van der Waals surface area (Å²) in [6.45, 7) is 4.97. The highest BCUT2D eigenvalue weighted by Crippen LogP contribution is 2.14. The molecule has 0 aliphatic carbocycles. The van der Waals surface area contributed by atoms with E-state index in [0.29, 0.717) is 18.0 Å². The molecular formula is C14H23N3O2S. The molecule has 0 spiro atoms. The van der Waals surface area contributed by atoms with Crippen LogP contribution in [-0.2, 0) is 11.3 Å². The first kappa shape index (κ1) is 16.8. The van der Waals surface area contributed by atoms with Gasteiger partial charge in [-0.1, -0.05) is 12.2 Å². The maximum absolute atomic E-state index is 5.57. The number of hydrogen-bond donors (Lipinski definition) is 1. The topological polar surface area (TPSA) is 60.6 Å². The monoisotopic (exact) mass is 297 g/mol. The second-order valence-electron chi connectivity index (χ2n) is 4.62. The van der Waals surface area contributed by atoms with Gasteiger partial charge in [-0.3, -0.25) is 9.88 Å². The second kappa shape index (κ2) is 8.84. The van der Waals surface area contributed by atoms with Gasteiger partial charge in [-0.2, -0.15) is 0 Å². The Bertz CT molecular complexity index is 440. The molecule has 1 aromatic rings. The van der Waals surface area contributed by atoms with E-state index in [1.165, 1.54) is 0 Å². The predicted molar refractivity (Wildman–Crippen MR) is 84.1 cm³/mol. The van der Waals surface area contributed by atoms with Crippen molar-refractivity contribution >= 4 is 17.2 Å². The molecule has 0 saturated heterocycles. The number of hydrogen-bond acceptors (Lipinski definition) is 5. The van der Waals surface area contributed by atoms with Crippen LogP contribution in [0.25, 0.3) is 0 Å². The van der Waals surface area contributed by atoms with Crippen molar-refractivity contribution in [1.82, 2.24) is 9.88 Å². The van der Waals surface area contributed by atoms with Crippen molar-refractivity contribution < 1.29 is 9.47 Å². The largest absolute Gasteiger partial charge is 0.497 e. The van der Waals surface area contributed by atoms with E-state index in [2.05, 4.69) is 9.88 Å². The van der Waals surface area contributed by atoms with Crippen LogP contribution >= 0.6 is 12.2 Å². The van der Waals surface area contributed by atoms with Crippen molar-refractivity contribution in [3.63, 3.8) is 0 Å². The van der Waals surface area contributed by atoms with Gasteiger partial charge in [-0.15, -0.1) is 0 Å². The third-order valence-corrected chi connectivity index (χ3v) is 3.09. The van der Waals surface area contributed by atoms with Crippen LogP contribution in [0.2, 0.25) is 0 Å². The van der Waals surface area contributed by atoms with Crippen molar-refractivity contribution in [2.45, 2.75) is 19.9 Å². The minimum atomic E-state index is 0.530. The Kier molecular flexibility index (Phi) is 7.43. The highest BCUT2D eigenvalue weighted by molar-refractivity contribution is 7.80. The van der Waals surface area contributed by atoms with Crippen molar-refractivity contribution in [2.75, 3.05) is 33.9 Å². The van der Waals surface area contributed by atoms with Gasteiger partial charge in [0.05, 0.1) is 24.4 Å². The molecule has 5 nitrogen and oxygen atoms in total. The number of aromatic nitrogens is 1. The molecule has 2 N–H and O–H groups in total. The average Bonchev–Trinajstić information content (AvgIpc) is 2.41. The maximum atomic E-state index is 5.57. The summed E-state index contributed by atoms with van der Waals surface area (Å²) < 4.78 is 10.4. The highest BCUT2D eigenvalue weighted by Gasteiger charge is 2.09. The van der Waals surface area contributed by atoms with Crippen molar-refractivity contribution in [3.8, 4) is 5.75 Å². The Morgan fingerprint density at radius 2 is 2.10 bits per heavy atom. The summed E-state index contributed by atoms with van der Waals surface area (Å²) in [5, 5.41) is 0. The van der Waals surface area contributed by atoms with Gasteiger partial charge in [0.2, 0.25) is 0 Å². The molecule has 1 heterocycles. The molecule has 20 heavy (non-hydrogen) atoms. The molecule has 0 amide bonds. The van der Waals surface area contributed by atoms with E-state index in [9.17, 15) is 0 Å². The van der Waals surface area contributed by atoms with Gasteiger partial charge in [-0.25, -0.2) is 0 Å². The molecule has 112 valence electrons. The minimum Gasteiger partial charge on any atom is -0.497 e. The molecule has 6 heteroatoms. The summed E-state index contributed by atoms with van der Waals surface area (Å²) in [6.07, 6.45) is 0.696. The molecule has 0 unspecified atom stereocenters. The number of ether oxygens (including phenoxy) is 2. The number of nitrogens with zero attached hydrogens (tertiary/aromatic N) is 2. The van der Waals surface area contributed by atoms with E-state index >= 15 is 0 Å². The van der Waals surface area contributed by atoms with Crippen molar-refractivity contribution in [1.29, 1.82) is 0 Å². The zero-order chi connectivity index (χ0) is 15.0. The van der Waals surface area contributed by atoms with Crippen molar-refractivity contribution in [3.05, 3.63) is 23.5 Å². The molecule has 1 aromatic heterocycles. The smallest absolute Gasteiger partial charge is 0.122 e. The molecule has 0 fully saturated rings. The number of aryl methyl sites for hydroxylation is 1. The van der Waals surface area contributed by atoms with Gasteiger partial charge in [0.1, 0.15) is 5.75 Å². The lowest BCUT2D eigenvalue weighted by Crippen LogP contribution is -2.30. The maximum Gasteiger partial charge on any atom is 0.122 e. The summed E-state index contributed by atoms with van der Waals surface area (Å²) in [7, 11) is 3.35. The highest BCUT2D eigenvalue weighted by atomic mass is 32.1. The minimum absolute atomic E-state index is 0.530. The lowest BCUT2D eigenvalue weighted by molar-refractivity contribution is 0.145. The second-order valence-corrected chi connectivity index (χ2v) is 5.15. The lowest BCUT2D eigenvalue weighted by atomic mass is 10.2. The van der Waals surface area contributed by atoms with Gasteiger partial charge in [0.15, 0.2) is 0 Å². The van der Waals surface area contributed by atoms with Crippen LogP contribution in [0.4, 0.5) is 0 Å². The predicted octanol–water partition coefficient (Wildman–Crippen LogP) is 1.52. The van der Waals surface area contributed by atoms with Crippen LogP contribution in [0.15, 0.2) is 12.1 Å². The fraction of sp³-hybridized carbons (Fsp3) is 0.571. The first-order valence-electron chi connectivity index (χ1n) is 6.56. The van der Waals surface area contributed by atoms with Crippen LogP contribution in [0, 0.1) is 6.92 Å². The SMILES string of the molecule is COCCN(CCC(N)=S)Cc1cc(OC)cc(C)n1. The molecule has 0 bridgehead atoms. The van der Waals surface area contributed by atoms with E-state index in [-0.39, 0.29) is 0 Å². The van der Waals surface area contributed by atoms with Crippen molar-refractivity contribution in [2.24, 2.45) is 5.73 Å². The average molecular weight is 297 g/mol. The van der Waals surface area contributed by atoms with Gasteiger partial charge < -0.3 is 15.2 Å². The Labute approximate surface area is 126 Å². The van der Waals surface area contributed by atoms with E-state index in [0.717, 1.165) is 36.8 Å². The molecule has 0 aromatic carbocycles. The Balaban J connectivity index is 2.71. The van der Waals surface area contributed by atoms with Crippen LogP contribution < -0.4 is 10.5 Å². The molecule has 0 radical (unpaired) electrons. The normalized spacial score (nSPS) is 10.8. The molecule has 0 atom stereocenters. The van der Waals surface area contributed by atoms with Crippen LogP contribution in [-0.4, -0.2) is 48.8 Å². The van der Waals surface area contributed by atoms with Crippen LogP contribution in [0.1, 0.15) is 17.8 Å². The van der Waals surface area contributed by atoms with E-state index in [1.807, 2.05) is 19.1 Å². The Morgan fingerprint density at radius 1 is 1.35 bits per heavy atom. The quantitative estimate of drug-likeness (QED) is 0.697. The van der Waals surface area contributed by atoms with Gasteiger partial charge >= 0.3 is 0 Å². The number of thiocarbonyl (C=S) groups is 1. The molecule has 1 rings (SSSR count). The number of nitrogens with two attached hydrogens (primary N) is 1. The fourth-order valence-electron chi connectivity index (χ4n) is 1.89. The molecule has 0 saturated carbocycles. The fourth-order valence-corrected chi connectivity index (χ4v) is 1.98. The van der Waals surface area contributed by atoms with Gasteiger partial charge in [0.25, 0.3) is 0 Å². The van der Waals surface area contributed by atoms with Crippen LogP contribution in [0.5, 0.6) is 5.75 Å². The standard InChI is InChI=1S/C14H23N3O2S/c1-11-8-13(19-3)9-12(16-11)10-17(6-7-18-2)5-4-14(15)20/h8-9H,4-7,10H2,1-3H3,(H2,15,20). The number of pyridine rings is 1.